The van der Waals surface area contributed by atoms with Gasteiger partial charge < -0.3 is 16.0 Å². The number of hydrogen-bond donors (Lipinski definition) is 3. The average molecular weight is 368 g/mol. The van der Waals surface area contributed by atoms with Crippen molar-refractivity contribution in [3.05, 3.63) is 58.7 Å². The Bertz CT molecular complexity index is 590. The number of para-hydroxylation sites is 2. The molecule has 0 aliphatic heterocycles. The summed E-state index contributed by atoms with van der Waals surface area (Å²) in [6, 6.07) is 13.3. The van der Waals surface area contributed by atoms with Crippen molar-refractivity contribution in [2.24, 2.45) is 0 Å². The zero-order valence-electron chi connectivity index (χ0n) is 17.6. The third kappa shape index (κ3) is 6.00. The molecule has 2 aromatic carbocycles. The molecule has 0 radical (unpaired) electrons. The van der Waals surface area contributed by atoms with Crippen molar-refractivity contribution in [3.8, 4) is 0 Å². The summed E-state index contributed by atoms with van der Waals surface area (Å²) in [5.74, 6) is 0. The van der Waals surface area contributed by atoms with Crippen LogP contribution in [0.2, 0.25) is 0 Å². The van der Waals surface area contributed by atoms with Crippen LogP contribution >= 0.6 is 0 Å². The Kier molecular flexibility index (Phi) is 9.20. The molecule has 148 valence electrons. The summed E-state index contributed by atoms with van der Waals surface area (Å²) < 4.78 is 0. The lowest BCUT2D eigenvalue weighted by molar-refractivity contribution is 0.717. The molecule has 0 aromatic heterocycles. The van der Waals surface area contributed by atoms with Gasteiger partial charge in [-0.2, -0.15) is 0 Å². The molecule has 3 heteroatoms. The highest BCUT2D eigenvalue weighted by atomic mass is 15.0. The van der Waals surface area contributed by atoms with E-state index in [-0.39, 0.29) is 0 Å². The summed E-state index contributed by atoms with van der Waals surface area (Å²) in [5, 5.41) is 10.8. The number of hydrogen-bond acceptors (Lipinski definition) is 3. The van der Waals surface area contributed by atoms with Crippen molar-refractivity contribution in [1.82, 2.24) is 5.32 Å². The standard InChI is InChI=1S/C24H37N3/c1-5-19-11-9-12-20(6-2)23(19)26-17-15-25-16-18-27-24-21(7-3)13-10-14-22(24)8-4/h9-14,25-27H,5-8,15-18H2,1-4H3. The van der Waals surface area contributed by atoms with Crippen LogP contribution in [0.15, 0.2) is 36.4 Å². The van der Waals surface area contributed by atoms with E-state index in [2.05, 4.69) is 80.0 Å². The first kappa shape index (κ1) is 21.3. The number of benzene rings is 2. The molecule has 0 unspecified atom stereocenters. The Morgan fingerprint density at radius 3 is 1.15 bits per heavy atom. The van der Waals surface area contributed by atoms with Crippen molar-refractivity contribution in [3.63, 3.8) is 0 Å². The van der Waals surface area contributed by atoms with Crippen molar-refractivity contribution in [2.75, 3.05) is 36.8 Å². The van der Waals surface area contributed by atoms with Crippen LogP contribution in [0, 0.1) is 0 Å². The smallest absolute Gasteiger partial charge is 0.0405 e. The lowest BCUT2D eigenvalue weighted by Gasteiger charge is -2.17. The van der Waals surface area contributed by atoms with E-state index in [4.69, 9.17) is 0 Å². The highest BCUT2D eigenvalue weighted by molar-refractivity contribution is 5.58. The van der Waals surface area contributed by atoms with E-state index in [1.54, 1.807) is 0 Å². The molecule has 3 nitrogen and oxygen atoms in total. The predicted molar refractivity (Wildman–Crippen MR) is 120 cm³/mol. The number of nitrogens with one attached hydrogen (secondary N) is 3. The van der Waals surface area contributed by atoms with Gasteiger partial charge in [0.05, 0.1) is 0 Å². The molecule has 0 fully saturated rings. The number of aryl methyl sites for hydroxylation is 4. The maximum atomic E-state index is 3.65. The first-order valence-corrected chi connectivity index (χ1v) is 10.6. The molecule has 0 aliphatic rings. The maximum absolute atomic E-state index is 3.65. The molecule has 0 atom stereocenters. The molecule has 3 N–H and O–H groups in total. The second-order valence-corrected chi connectivity index (χ2v) is 6.92. The molecule has 27 heavy (non-hydrogen) atoms. The quantitative estimate of drug-likeness (QED) is 0.459. The van der Waals surface area contributed by atoms with Gasteiger partial charge in [0.25, 0.3) is 0 Å². The Balaban J connectivity index is 1.75. The zero-order valence-corrected chi connectivity index (χ0v) is 17.6. The fraction of sp³-hybridized carbons (Fsp3) is 0.500. The molecular formula is C24H37N3. The minimum absolute atomic E-state index is 0.954. The van der Waals surface area contributed by atoms with Crippen LogP contribution in [0.5, 0.6) is 0 Å². The monoisotopic (exact) mass is 367 g/mol. The lowest BCUT2D eigenvalue weighted by atomic mass is 10.0. The summed E-state index contributed by atoms with van der Waals surface area (Å²) >= 11 is 0. The third-order valence-corrected chi connectivity index (χ3v) is 5.20. The fourth-order valence-corrected chi connectivity index (χ4v) is 3.62. The van der Waals surface area contributed by atoms with Gasteiger partial charge in [0.2, 0.25) is 0 Å². The first-order valence-electron chi connectivity index (χ1n) is 10.6. The Labute approximate surface area is 166 Å². The Hall–Kier alpha value is -2.00. The normalized spacial score (nSPS) is 10.8. The van der Waals surface area contributed by atoms with E-state index in [0.29, 0.717) is 0 Å². The van der Waals surface area contributed by atoms with Crippen molar-refractivity contribution < 1.29 is 0 Å². The van der Waals surface area contributed by atoms with Crippen molar-refractivity contribution in [1.29, 1.82) is 0 Å². The van der Waals surface area contributed by atoms with Gasteiger partial charge in [-0.3, -0.25) is 0 Å². The van der Waals surface area contributed by atoms with Crippen LogP contribution in [-0.4, -0.2) is 26.2 Å². The summed E-state index contributed by atoms with van der Waals surface area (Å²) in [5.41, 5.74) is 8.34. The van der Waals surface area contributed by atoms with Gasteiger partial charge in [-0.25, -0.2) is 0 Å². The summed E-state index contributed by atoms with van der Waals surface area (Å²) in [6.45, 7) is 12.7. The van der Waals surface area contributed by atoms with Crippen LogP contribution in [0.25, 0.3) is 0 Å². The molecule has 0 heterocycles. The van der Waals surface area contributed by atoms with Gasteiger partial charge in [-0.15, -0.1) is 0 Å². The molecule has 0 bridgehead atoms. The molecular weight excluding hydrogens is 330 g/mol. The van der Waals surface area contributed by atoms with Gasteiger partial charge in [0, 0.05) is 37.6 Å². The highest BCUT2D eigenvalue weighted by Crippen LogP contribution is 2.23. The van der Waals surface area contributed by atoms with E-state index in [0.717, 1.165) is 51.9 Å². The zero-order chi connectivity index (χ0) is 19.5. The minimum Gasteiger partial charge on any atom is -0.383 e. The maximum Gasteiger partial charge on any atom is 0.0405 e. The largest absolute Gasteiger partial charge is 0.383 e. The van der Waals surface area contributed by atoms with Crippen LogP contribution in [-0.2, 0) is 25.7 Å². The third-order valence-electron chi connectivity index (χ3n) is 5.20. The minimum atomic E-state index is 0.954. The summed E-state index contributed by atoms with van der Waals surface area (Å²) in [6.07, 6.45) is 4.29. The topological polar surface area (TPSA) is 36.1 Å². The van der Waals surface area contributed by atoms with Crippen LogP contribution < -0.4 is 16.0 Å². The molecule has 0 saturated heterocycles. The number of anilines is 2. The average Bonchev–Trinajstić information content (AvgIpc) is 2.72. The first-order chi connectivity index (χ1) is 13.2. The Morgan fingerprint density at radius 2 is 0.852 bits per heavy atom. The molecule has 2 aromatic rings. The van der Waals surface area contributed by atoms with Gasteiger partial charge in [-0.1, -0.05) is 64.1 Å². The van der Waals surface area contributed by atoms with Gasteiger partial charge in [0.1, 0.15) is 0 Å². The van der Waals surface area contributed by atoms with E-state index in [1.165, 1.54) is 33.6 Å². The highest BCUT2D eigenvalue weighted by Gasteiger charge is 2.06. The van der Waals surface area contributed by atoms with E-state index in [1.807, 2.05) is 0 Å². The second-order valence-electron chi connectivity index (χ2n) is 6.92. The van der Waals surface area contributed by atoms with Crippen LogP contribution in [0.4, 0.5) is 11.4 Å². The van der Waals surface area contributed by atoms with Gasteiger partial charge in [0.15, 0.2) is 0 Å². The second kappa shape index (κ2) is 11.7. The molecule has 0 amide bonds. The predicted octanol–water partition coefficient (Wildman–Crippen LogP) is 5.05. The molecule has 0 saturated carbocycles. The van der Waals surface area contributed by atoms with Crippen LogP contribution in [0.1, 0.15) is 49.9 Å². The Morgan fingerprint density at radius 1 is 0.519 bits per heavy atom. The lowest BCUT2D eigenvalue weighted by Crippen LogP contribution is -2.28. The van der Waals surface area contributed by atoms with E-state index < -0.39 is 0 Å². The van der Waals surface area contributed by atoms with Crippen molar-refractivity contribution in [2.45, 2.75) is 53.4 Å². The summed E-state index contributed by atoms with van der Waals surface area (Å²) in [4.78, 5) is 0. The molecule has 0 aliphatic carbocycles. The van der Waals surface area contributed by atoms with Crippen molar-refractivity contribution >= 4 is 11.4 Å². The van der Waals surface area contributed by atoms with Crippen LogP contribution in [0.3, 0.4) is 0 Å². The fourth-order valence-electron chi connectivity index (χ4n) is 3.62. The van der Waals surface area contributed by atoms with E-state index in [9.17, 15) is 0 Å². The molecule has 2 rings (SSSR count). The summed E-state index contributed by atoms with van der Waals surface area (Å²) in [7, 11) is 0. The molecule has 0 spiro atoms. The SMILES string of the molecule is CCc1cccc(CC)c1NCCNCCNc1c(CC)cccc1CC. The van der Waals surface area contributed by atoms with E-state index >= 15 is 0 Å². The number of rotatable bonds is 12. The van der Waals surface area contributed by atoms with Gasteiger partial charge >= 0.3 is 0 Å². The van der Waals surface area contributed by atoms with Gasteiger partial charge in [-0.05, 0) is 47.9 Å².